The summed E-state index contributed by atoms with van der Waals surface area (Å²) in [6.45, 7) is 2.60. The van der Waals surface area contributed by atoms with E-state index in [1.807, 2.05) is 54.3 Å². The van der Waals surface area contributed by atoms with Gasteiger partial charge in [-0.3, -0.25) is 4.79 Å². The average molecular weight is 302 g/mol. The lowest BCUT2D eigenvalue weighted by atomic mass is 10.1. The predicted octanol–water partition coefficient (Wildman–Crippen LogP) is 3.82. The van der Waals surface area contributed by atoms with Gasteiger partial charge in [-0.25, -0.2) is 0 Å². The molecule has 3 nitrogen and oxygen atoms in total. The second-order valence-electron chi connectivity index (χ2n) is 5.15. The Morgan fingerprint density at radius 1 is 1.19 bits per heavy atom. The van der Waals surface area contributed by atoms with E-state index in [0.717, 1.165) is 16.9 Å². The monoisotopic (exact) mass is 301 g/mol. The fourth-order valence-corrected chi connectivity index (χ4v) is 2.77. The molecule has 0 N–H and O–H groups in total. The third-order valence-corrected chi connectivity index (χ3v) is 4.02. The maximum Gasteiger partial charge on any atom is 0.261 e. The third-order valence-electron chi connectivity index (χ3n) is 3.78. The van der Waals surface area contributed by atoms with Crippen LogP contribution in [0.4, 0.5) is 0 Å². The smallest absolute Gasteiger partial charge is 0.261 e. The van der Waals surface area contributed by atoms with Gasteiger partial charge in [0.15, 0.2) is 6.61 Å². The van der Waals surface area contributed by atoms with Crippen LogP contribution in [0.25, 0.3) is 0 Å². The molecule has 1 aliphatic rings. The summed E-state index contributed by atoms with van der Waals surface area (Å²) in [5.74, 6) is 0.717. The van der Waals surface area contributed by atoms with Gasteiger partial charge in [0.25, 0.3) is 5.91 Å². The van der Waals surface area contributed by atoms with E-state index in [1.165, 1.54) is 0 Å². The zero-order valence-electron chi connectivity index (χ0n) is 11.8. The third kappa shape index (κ3) is 2.88. The van der Waals surface area contributed by atoms with Gasteiger partial charge in [0, 0.05) is 10.6 Å². The van der Waals surface area contributed by atoms with Crippen molar-refractivity contribution in [1.82, 2.24) is 4.90 Å². The Balaban J connectivity index is 1.93. The first-order valence-electron chi connectivity index (χ1n) is 6.91. The Morgan fingerprint density at radius 3 is 2.71 bits per heavy atom. The van der Waals surface area contributed by atoms with Gasteiger partial charge in [-0.05, 0) is 30.7 Å². The standard InChI is InChI=1S/C17H16ClNO2/c1-12(13-5-3-2-4-6-13)19-10-14-9-15(18)7-8-16(14)21-11-17(19)20/h2-9,12H,10-11H2,1H3/t12-/m0/s1. The molecule has 1 heterocycles. The van der Waals surface area contributed by atoms with Crippen molar-refractivity contribution in [3.05, 3.63) is 64.7 Å². The molecule has 1 atom stereocenters. The summed E-state index contributed by atoms with van der Waals surface area (Å²) in [6, 6.07) is 15.4. The van der Waals surface area contributed by atoms with Crippen molar-refractivity contribution in [3.8, 4) is 5.75 Å². The van der Waals surface area contributed by atoms with Crippen molar-refractivity contribution in [3.63, 3.8) is 0 Å². The molecule has 0 bridgehead atoms. The number of nitrogens with zero attached hydrogens (tertiary/aromatic N) is 1. The van der Waals surface area contributed by atoms with Crippen molar-refractivity contribution >= 4 is 17.5 Å². The Labute approximate surface area is 129 Å². The van der Waals surface area contributed by atoms with Crippen LogP contribution in [0.15, 0.2) is 48.5 Å². The maximum atomic E-state index is 12.4. The van der Waals surface area contributed by atoms with E-state index in [2.05, 4.69) is 0 Å². The highest BCUT2D eigenvalue weighted by atomic mass is 35.5. The van der Waals surface area contributed by atoms with Gasteiger partial charge >= 0.3 is 0 Å². The minimum absolute atomic E-state index is 0.00719. The molecule has 0 saturated heterocycles. The van der Waals surface area contributed by atoms with Crippen LogP contribution in [-0.4, -0.2) is 17.4 Å². The molecule has 4 heteroatoms. The lowest BCUT2D eigenvalue weighted by molar-refractivity contribution is -0.135. The van der Waals surface area contributed by atoms with Crippen molar-refractivity contribution in [2.75, 3.05) is 6.61 Å². The van der Waals surface area contributed by atoms with Gasteiger partial charge in [-0.2, -0.15) is 0 Å². The summed E-state index contributed by atoms with van der Waals surface area (Å²) >= 11 is 6.05. The van der Waals surface area contributed by atoms with E-state index in [1.54, 1.807) is 6.07 Å². The van der Waals surface area contributed by atoms with E-state index < -0.39 is 0 Å². The predicted molar refractivity (Wildman–Crippen MR) is 82.4 cm³/mol. The van der Waals surface area contributed by atoms with Crippen LogP contribution >= 0.6 is 11.6 Å². The normalized spacial score (nSPS) is 15.9. The van der Waals surface area contributed by atoms with E-state index in [0.29, 0.717) is 11.6 Å². The number of carbonyl (C=O) groups excluding carboxylic acids is 1. The Hall–Kier alpha value is -2.00. The molecule has 108 valence electrons. The van der Waals surface area contributed by atoms with E-state index in [-0.39, 0.29) is 18.6 Å². The molecular formula is C17H16ClNO2. The number of amides is 1. The molecule has 2 aromatic carbocycles. The van der Waals surface area contributed by atoms with Crippen LogP contribution < -0.4 is 4.74 Å². The number of carbonyl (C=O) groups is 1. The summed E-state index contributed by atoms with van der Waals surface area (Å²) in [7, 11) is 0. The van der Waals surface area contributed by atoms with E-state index in [9.17, 15) is 4.79 Å². The number of halogens is 1. The van der Waals surface area contributed by atoms with Gasteiger partial charge in [-0.1, -0.05) is 41.9 Å². The SMILES string of the molecule is C[C@@H](c1ccccc1)N1Cc2cc(Cl)ccc2OCC1=O. The van der Waals surface area contributed by atoms with Gasteiger partial charge < -0.3 is 9.64 Å². The molecule has 0 spiro atoms. The van der Waals surface area contributed by atoms with Crippen molar-refractivity contribution in [2.45, 2.75) is 19.5 Å². The summed E-state index contributed by atoms with van der Waals surface area (Å²) in [4.78, 5) is 14.2. The summed E-state index contributed by atoms with van der Waals surface area (Å²) in [5.41, 5.74) is 2.05. The maximum absolute atomic E-state index is 12.4. The fourth-order valence-electron chi connectivity index (χ4n) is 2.57. The molecule has 0 aliphatic carbocycles. The minimum atomic E-state index is -0.0151. The molecule has 0 unspecified atom stereocenters. The molecule has 1 aliphatic heterocycles. The first kappa shape index (κ1) is 14.0. The number of ether oxygens (including phenoxy) is 1. The van der Waals surface area contributed by atoms with Gasteiger partial charge in [-0.15, -0.1) is 0 Å². The largest absolute Gasteiger partial charge is 0.483 e. The van der Waals surface area contributed by atoms with Gasteiger partial charge in [0.05, 0.1) is 12.6 Å². The van der Waals surface area contributed by atoms with Crippen LogP contribution in [0.5, 0.6) is 5.75 Å². The highest BCUT2D eigenvalue weighted by Crippen LogP contribution is 2.30. The summed E-state index contributed by atoms with van der Waals surface area (Å²) in [6.07, 6.45) is 0. The second-order valence-corrected chi connectivity index (χ2v) is 5.59. The van der Waals surface area contributed by atoms with Crippen LogP contribution in [0.2, 0.25) is 5.02 Å². The van der Waals surface area contributed by atoms with Gasteiger partial charge in [0.1, 0.15) is 5.75 Å². The Bertz CT molecular complexity index is 657. The van der Waals surface area contributed by atoms with Crippen LogP contribution in [-0.2, 0) is 11.3 Å². The molecule has 0 aromatic heterocycles. The van der Waals surface area contributed by atoms with Crippen LogP contribution in [0.1, 0.15) is 24.1 Å². The quantitative estimate of drug-likeness (QED) is 0.844. The molecule has 0 radical (unpaired) electrons. The Kier molecular flexibility index (Phi) is 3.84. The molecule has 3 rings (SSSR count). The molecule has 0 saturated carbocycles. The molecular weight excluding hydrogens is 286 g/mol. The zero-order valence-corrected chi connectivity index (χ0v) is 12.5. The van der Waals surface area contributed by atoms with Crippen molar-refractivity contribution in [1.29, 1.82) is 0 Å². The van der Waals surface area contributed by atoms with Crippen LogP contribution in [0, 0.1) is 0 Å². The van der Waals surface area contributed by atoms with Crippen LogP contribution in [0.3, 0.4) is 0 Å². The number of hydrogen-bond acceptors (Lipinski definition) is 2. The summed E-state index contributed by atoms with van der Waals surface area (Å²) < 4.78 is 5.58. The number of rotatable bonds is 2. The topological polar surface area (TPSA) is 29.5 Å². The van der Waals surface area contributed by atoms with Gasteiger partial charge in [0.2, 0.25) is 0 Å². The van der Waals surface area contributed by atoms with Crippen molar-refractivity contribution in [2.24, 2.45) is 0 Å². The van der Waals surface area contributed by atoms with E-state index in [4.69, 9.17) is 16.3 Å². The first-order valence-corrected chi connectivity index (χ1v) is 7.28. The number of benzene rings is 2. The molecule has 2 aromatic rings. The number of hydrogen-bond donors (Lipinski definition) is 0. The molecule has 21 heavy (non-hydrogen) atoms. The first-order chi connectivity index (χ1) is 10.1. The fraction of sp³-hybridized carbons (Fsp3) is 0.235. The zero-order chi connectivity index (χ0) is 14.8. The van der Waals surface area contributed by atoms with E-state index >= 15 is 0 Å². The highest BCUT2D eigenvalue weighted by molar-refractivity contribution is 6.30. The Morgan fingerprint density at radius 2 is 1.95 bits per heavy atom. The van der Waals surface area contributed by atoms with Crippen molar-refractivity contribution < 1.29 is 9.53 Å². The second kappa shape index (κ2) is 5.78. The lowest BCUT2D eigenvalue weighted by Gasteiger charge is -2.28. The highest BCUT2D eigenvalue weighted by Gasteiger charge is 2.26. The average Bonchev–Trinajstić information content (AvgIpc) is 2.67. The lowest BCUT2D eigenvalue weighted by Crippen LogP contribution is -2.34. The molecule has 0 fully saturated rings. The minimum Gasteiger partial charge on any atom is -0.483 e. The summed E-state index contributed by atoms with van der Waals surface area (Å²) in [5, 5.41) is 0.652. The number of fused-ring (bicyclic) bond motifs is 1. The molecule has 1 amide bonds.